The Hall–Kier alpha value is -3.13. The van der Waals surface area contributed by atoms with E-state index in [2.05, 4.69) is 29.8 Å². The van der Waals surface area contributed by atoms with Gasteiger partial charge in [0, 0.05) is 30.3 Å². The molecule has 0 bridgehead atoms. The van der Waals surface area contributed by atoms with Crippen LogP contribution in [0, 0.1) is 0 Å². The predicted molar refractivity (Wildman–Crippen MR) is 181 cm³/mol. The molecule has 11 N–H and O–H groups in total. The summed E-state index contributed by atoms with van der Waals surface area (Å²) >= 11 is 1.70. The number of esters is 1. The van der Waals surface area contributed by atoms with Gasteiger partial charge in [-0.1, -0.05) is 0 Å². The number of hydrogen-bond acceptors (Lipinski definition) is 20. The molecule has 6 heterocycles. The number of rotatable bonds is 15. The van der Waals surface area contributed by atoms with Gasteiger partial charge in [-0.3, -0.25) is 27.5 Å². The van der Waals surface area contributed by atoms with Gasteiger partial charge in [0.15, 0.2) is 23.8 Å². The zero-order chi connectivity index (χ0) is 38.1. The first kappa shape index (κ1) is 39.6. The van der Waals surface area contributed by atoms with Crippen LogP contribution < -0.4 is 28.2 Å². The van der Waals surface area contributed by atoms with E-state index in [0.29, 0.717) is 6.42 Å². The van der Waals surface area contributed by atoms with Gasteiger partial charge >= 0.3 is 27.3 Å². The summed E-state index contributed by atoms with van der Waals surface area (Å²) in [6.07, 6.45) is -5.55. The van der Waals surface area contributed by atoms with E-state index in [1.165, 1.54) is 29.5 Å². The second-order valence-electron chi connectivity index (χ2n) is 12.2. The van der Waals surface area contributed by atoms with E-state index >= 15 is 0 Å². The first-order valence-corrected chi connectivity index (χ1v) is 20.1. The van der Waals surface area contributed by atoms with Crippen molar-refractivity contribution < 1.29 is 61.5 Å². The van der Waals surface area contributed by atoms with Gasteiger partial charge in [-0.15, -0.1) is 11.8 Å². The van der Waals surface area contributed by atoms with Crippen LogP contribution in [0.3, 0.4) is 0 Å². The number of phosphoric ester groups is 2. The number of aromatic nitrogens is 6. The topological polar surface area (TPSA) is 356 Å². The van der Waals surface area contributed by atoms with Crippen LogP contribution in [-0.2, 0) is 41.7 Å². The minimum absolute atomic E-state index is 0.0456. The molecule has 24 nitrogen and oxygen atoms in total. The molecule has 6 rings (SSSR count). The number of carbonyl (C=O) groups excluding carboxylic acids is 1. The van der Waals surface area contributed by atoms with Crippen LogP contribution >= 0.6 is 27.4 Å². The maximum atomic E-state index is 13.3. The zero-order valence-corrected chi connectivity index (χ0v) is 30.1. The highest BCUT2D eigenvalue weighted by Crippen LogP contribution is 2.50. The predicted octanol–water partition coefficient (Wildman–Crippen LogP) is -1.91. The highest BCUT2D eigenvalue weighted by molar-refractivity contribution is 8.00. The SMILES string of the molecule is Nc1ccn(C2C[C@H](OP(=O)(O)OC[C@H]3OC(n4cnc5c(N)ncnc54)[C@H](O)[C@@H]3OC(=O)[C@@H](N)CC[C@H]3CNCS3)[C@@H](COP(=O)(O)O)O2)c(=O)n1. The Balaban J connectivity index is 1.17. The standard InChI is InChI=1S/C26H38N10O14P2S/c27-13(2-1-12-6-30-11-53-12)25(38)49-21-16(48-24(20(21)37)36-10-33-19-22(29)31-9-32-23(19)36)8-46-52(43,44)50-14-5-18(35-4-3-17(28)34-26(35)39)47-15(14)7-45-51(40,41)42/h3-4,9-10,12-16,18,20-21,24,30,37H,1-2,5-8,11,27H2,(H,43,44)(H2,28,34,39)(H2,29,31,32)(H2,40,41,42)/t12-,13-,14-,15+,16+,18?,20+,21+,24?/m0/s1. The van der Waals surface area contributed by atoms with Gasteiger partial charge in [0.1, 0.15) is 54.3 Å². The first-order chi connectivity index (χ1) is 25.1. The molecule has 10 atom stereocenters. The number of imidazole rings is 1. The summed E-state index contributed by atoms with van der Waals surface area (Å²) in [4.78, 5) is 70.6. The molecule has 3 aromatic rings. The number of aliphatic hydroxyl groups is 1. The molecule has 27 heteroatoms. The molecule has 292 valence electrons. The second kappa shape index (κ2) is 16.3. The molecular weight excluding hydrogens is 770 g/mol. The van der Waals surface area contributed by atoms with Gasteiger partial charge < -0.3 is 56.5 Å². The van der Waals surface area contributed by atoms with Crippen molar-refractivity contribution in [1.82, 2.24) is 34.4 Å². The third-order valence-electron chi connectivity index (χ3n) is 8.54. The quantitative estimate of drug-likeness (QED) is 0.0613. The Morgan fingerprint density at radius 1 is 1.11 bits per heavy atom. The zero-order valence-electron chi connectivity index (χ0n) is 27.5. The van der Waals surface area contributed by atoms with Crippen molar-refractivity contribution >= 4 is 56.2 Å². The first-order valence-electron chi connectivity index (χ1n) is 16.0. The van der Waals surface area contributed by atoms with Gasteiger partial charge in [0.25, 0.3) is 0 Å². The van der Waals surface area contributed by atoms with E-state index < -0.39 is 89.5 Å². The molecule has 3 fully saturated rings. The molecule has 53 heavy (non-hydrogen) atoms. The summed E-state index contributed by atoms with van der Waals surface area (Å²) in [5, 5.41) is 14.9. The molecular formula is C26H38N10O14P2S. The van der Waals surface area contributed by atoms with Crippen LogP contribution in [0.15, 0.2) is 29.7 Å². The Morgan fingerprint density at radius 3 is 2.60 bits per heavy atom. The Labute approximate surface area is 303 Å². The van der Waals surface area contributed by atoms with Crippen LogP contribution in [0.4, 0.5) is 11.6 Å². The van der Waals surface area contributed by atoms with Gasteiger partial charge in [-0.25, -0.2) is 28.9 Å². The number of aliphatic hydroxyl groups excluding tert-OH is 1. The number of carbonyl (C=O) groups is 1. The smallest absolute Gasteiger partial charge is 0.455 e. The number of ether oxygens (including phenoxy) is 3. The van der Waals surface area contributed by atoms with Crippen molar-refractivity contribution in [3.63, 3.8) is 0 Å². The largest absolute Gasteiger partial charge is 0.472 e. The molecule has 3 aliphatic rings. The number of nitrogens with zero attached hydrogens (tertiary/aromatic N) is 6. The van der Waals surface area contributed by atoms with E-state index in [0.717, 1.165) is 17.0 Å². The summed E-state index contributed by atoms with van der Waals surface area (Å²) in [5.41, 5.74) is 17.1. The summed E-state index contributed by atoms with van der Waals surface area (Å²) in [6, 6.07) is 0.226. The minimum atomic E-state index is -5.13. The maximum Gasteiger partial charge on any atom is 0.472 e. The summed E-state index contributed by atoms with van der Waals surface area (Å²) < 4.78 is 59.5. The normalized spacial score (nSPS) is 29.4. The molecule has 3 aromatic heterocycles. The van der Waals surface area contributed by atoms with E-state index in [1.54, 1.807) is 11.8 Å². The average molecular weight is 809 g/mol. The lowest BCUT2D eigenvalue weighted by Gasteiger charge is -2.24. The van der Waals surface area contributed by atoms with Gasteiger partial charge in [0.05, 0.1) is 19.5 Å². The van der Waals surface area contributed by atoms with Crippen LogP contribution in [0.25, 0.3) is 11.2 Å². The second-order valence-corrected chi connectivity index (χ2v) is 16.1. The fourth-order valence-corrected chi connectivity index (χ4v) is 8.26. The lowest BCUT2D eigenvalue weighted by Crippen LogP contribution is -2.43. The number of nitrogen functional groups attached to an aromatic ring is 2. The number of nitrogens with two attached hydrogens (primary N) is 3. The fourth-order valence-electron chi connectivity index (χ4n) is 5.95. The average Bonchev–Trinajstić information content (AvgIpc) is 3.89. The van der Waals surface area contributed by atoms with E-state index in [9.17, 15) is 38.5 Å². The number of nitrogens with one attached hydrogen (secondary N) is 1. The molecule has 0 aliphatic carbocycles. The maximum absolute atomic E-state index is 13.3. The van der Waals surface area contributed by atoms with Crippen molar-refractivity contribution in [1.29, 1.82) is 0 Å². The monoisotopic (exact) mass is 808 g/mol. The molecule has 3 saturated heterocycles. The Morgan fingerprint density at radius 2 is 1.89 bits per heavy atom. The number of phosphoric acid groups is 2. The Bertz CT molecular complexity index is 1930. The number of hydrogen-bond donors (Lipinski definition) is 8. The molecule has 0 saturated carbocycles. The molecule has 0 amide bonds. The van der Waals surface area contributed by atoms with Crippen molar-refractivity contribution in [2.45, 2.75) is 73.5 Å². The van der Waals surface area contributed by atoms with E-state index in [4.69, 9.17) is 40.5 Å². The lowest BCUT2D eigenvalue weighted by atomic mass is 10.1. The summed E-state index contributed by atoms with van der Waals surface area (Å²) in [7, 11) is -10.2. The Kier molecular flexibility index (Phi) is 12.2. The van der Waals surface area contributed by atoms with Gasteiger partial charge in [-0.05, 0) is 18.9 Å². The van der Waals surface area contributed by atoms with Gasteiger partial charge in [0.2, 0.25) is 0 Å². The number of fused-ring (bicyclic) bond motifs is 1. The molecule has 0 radical (unpaired) electrons. The highest BCUT2D eigenvalue weighted by atomic mass is 32.2. The third-order valence-corrected chi connectivity index (χ3v) is 11.3. The number of anilines is 2. The summed E-state index contributed by atoms with van der Waals surface area (Å²) in [6.45, 7) is -0.852. The van der Waals surface area contributed by atoms with Gasteiger partial charge in [-0.2, -0.15) is 4.98 Å². The van der Waals surface area contributed by atoms with Crippen LogP contribution in [0.1, 0.15) is 31.7 Å². The van der Waals surface area contributed by atoms with Crippen molar-refractivity contribution in [2.24, 2.45) is 5.73 Å². The van der Waals surface area contributed by atoms with Crippen LogP contribution in [0.2, 0.25) is 0 Å². The van der Waals surface area contributed by atoms with E-state index in [-0.39, 0.29) is 40.9 Å². The highest BCUT2D eigenvalue weighted by Gasteiger charge is 2.50. The van der Waals surface area contributed by atoms with E-state index in [1.807, 2.05) is 0 Å². The molecule has 0 spiro atoms. The number of thioether (sulfide) groups is 1. The van der Waals surface area contributed by atoms with Crippen molar-refractivity contribution in [3.8, 4) is 0 Å². The van der Waals surface area contributed by atoms with Crippen LogP contribution in [-0.4, -0.2) is 122 Å². The molecule has 0 aromatic carbocycles. The summed E-state index contributed by atoms with van der Waals surface area (Å²) in [5.74, 6) is -0.116. The van der Waals surface area contributed by atoms with Crippen molar-refractivity contribution in [2.75, 3.05) is 37.1 Å². The van der Waals surface area contributed by atoms with Crippen LogP contribution in [0.5, 0.6) is 0 Å². The lowest BCUT2D eigenvalue weighted by molar-refractivity contribution is -0.158. The minimum Gasteiger partial charge on any atom is -0.455 e. The fraction of sp³-hybridized carbons (Fsp3) is 0.615. The molecule has 3 unspecified atom stereocenters. The third kappa shape index (κ3) is 9.58. The van der Waals surface area contributed by atoms with Crippen molar-refractivity contribution in [3.05, 3.63) is 35.4 Å². The molecule has 3 aliphatic heterocycles.